The molecule has 0 aliphatic carbocycles. The molecule has 11 heteroatoms. The predicted octanol–water partition coefficient (Wildman–Crippen LogP) is 5.34. The maximum absolute atomic E-state index is 13.0. The van der Waals surface area contributed by atoms with Gasteiger partial charge in [-0.25, -0.2) is 9.59 Å². The number of fused-ring (bicyclic) bond motifs is 1. The van der Waals surface area contributed by atoms with Gasteiger partial charge in [-0.3, -0.25) is 4.98 Å². The number of pyridine rings is 1. The number of hydrogen-bond donors (Lipinski definition) is 2. The van der Waals surface area contributed by atoms with Gasteiger partial charge >= 0.3 is 12.0 Å². The minimum absolute atomic E-state index is 0.0709. The van der Waals surface area contributed by atoms with Crippen LogP contribution in [-0.4, -0.2) is 97.5 Å². The Morgan fingerprint density at radius 3 is 2.36 bits per heavy atom. The lowest BCUT2D eigenvalue weighted by atomic mass is 10.1. The molecule has 0 unspecified atom stereocenters. The molecule has 3 aromatic rings. The first-order chi connectivity index (χ1) is 21.3. The molecule has 236 valence electrons. The quantitative estimate of drug-likeness (QED) is 0.280. The summed E-state index contributed by atoms with van der Waals surface area (Å²) in [5.41, 5.74) is 1.98. The van der Waals surface area contributed by atoms with E-state index in [0.29, 0.717) is 66.6 Å². The van der Waals surface area contributed by atoms with Crippen LogP contribution in [0.5, 0.6) is 17.2 Å². The Balaban J connectivity index is 1.26. The van der Waals surface area contributed by atoms with Crippen molar-refractivity contribution in [1.29, 1.82) is 0 Å². The van der Waals surface area contributed by atoms with Crippen LogP contribution in [0, 0.1) is 0 Å². The summed E-state index contributed by atoms with van der Waals surface area (Å²) >= 11 is 0. The third kappa shape index (κ3) is 7.63. The second kappa shape index (κ2) is 14.5. The largest absolute Gasteiger partial charge is 0.493 e. The fourth-order valence-electron chi connectivity index (χ4n) is 5.83. The zero-order valence-corrected chi connectivity index (χ0v) is 25.9. The Hall–Kier alpha value is -4.25. The second-order valence-corrected chi connectivity index (χ2v) is 11.5. The van der Waals surface area contributed by atoms with Crippen LogP contribution in [0.2, 0.25) is 0 Å². The van der Waals surface area contributed by atoms with Crippen LogP contribution < -0.4 is 24.4 Å². The van der Waals surface area contributed by atoms with E-state index < -0.39 is 5.97 Å². The van der Waals surface area contributed by atoms with Crippen LogP contribution in [-0.2, 0) is 0 Å². The summed E-state index contributed by atoms with van der Waals surface area (Å²) in [5.74, 6) is 0.805. The summed E-state index contributed by atoms with van der Waals surface area (Å²) in [6.45, 7) is 9.57. The molecule has 44 heavy (non-hydrogen) atoms. The molecule has 1 aromatic heterocycles. The molecule has 11 nitrogen and oxygen atoms in total. The van der Waals surface area contributed by atoms with E-state index in [0.717, 1.165) is 31.8 Å². The fourth-order valence-corrected chi connectivity index (χ4v) is 5.83. The van der Waals surface area contributed by atoms with Gasteiger partial charge in [-0.05, 0) is 76.5 Å². The van der Waals surface area contributed by atoms with Crippen LogP contribution in [0.3, 0.4) is 0 Å². The highest BCUT2D eigenvalue weighted by atomic mass is 16.5. The number of aromatic nitrogens is 1. The van der Waals surface area contributed by atoms with Gasteiger partial charge in [0.05, 0.1) is 31.0 Å². The number of rotatable bonds is 11. The number of urea groups is 1. The number of ether oxygens (including phenoxy) is 3. The smallest absolute Gasteiger partial charge is 0.339 e. The maximum atomic E-state index is 13.0. The molecule has 5 rings (SSSR count). The number of likely N-dealkylation sites (tertiary alicyclic amines) is 1. The summed E-state index contributed by atoms with van der Waals surface area (Å²) < 4.78 is 17.5. The van der Waals surface area contributed by atoms with E-state index >= 15 is 0 Å². The summed E-state index contributed by atoms with van der Waals surface area (Å²) in [5, 5.41) is 13.7. The molecule has 2 aromatic carbocycles. The number of nitrogens with one attached hydrogen (secondary N) is 1. The molecule has 2 N–H and O–H groups in total. The first-order valence-electron chi connectivity index (χ1n) is 15.5. The van der Waals surface area contributed by atoms with Gasteiger partial charge in [0.15, 0.2) is 11.5 Å². The molecule has 0 bridgehead atoms. The molecule has 2 amide bonds. The number of carboxylic acids is 1. The van der Waals surface area contributed by atoms with Crippen molar-refractivity contribution < 1.29 is 28.9 Å². The molecule has 0 radical (unpaired) electrons. The lowest BCUT2D eigenvalue weighted by Gasteiger charge is -2.37. The van der Waals surface area contributed by atoms with Crippen molar-refractivity contribution in [2.45, 2.75) is 45.6 Å². The van der Waals surface area contributed by atoms with Crippen molar-refractivity contribution in [2.24, 2.45) is 0 Å². The number of aromatic carboxylic acids is 1. The number of piperazine rings is 1. The third-order valence-electron chi connectivity index (χ3n) is 8.04. The van der Waals surface area contributed by atoms with Gasteiger partial charge in [-0.2, -0.15) is 0 Å². The molecule has 2 aliphatic heterocycles. The second-order valence-electron chi connectivity index (χ2n) is 11.5. The lowest BCUT2D eigenvalue weighted by molar-refractivity contribution is 0.0697. The molecule has 2 saturated heterocycles. The van der Waals surface area contributed by atoms with Crippen LogP contribution in [0.4, 0.5) is 16.2 Å². The van der Waals surface area contributed by atoms with E-state index in [4.69, 9.17) is 14.2 Å². The van der Waals surface area contributed by atoms with Crippen LogP contribution in [0.25, 0.3) is 10.9 Å². The highest BCUT2D eigenvalue weighted by molar-refractivity contribution is 6.05. The molecular weight excluding hydrogens is 562 g/mol. The number of benzene rings is 2. The van der Waals surface area contributed by atoms with Crippen molar-refractivity contribution in [3.63, 3.8) is 0 Å². The summed E-state index contributed by atoms with van der Waals surface area (Å²) in [6, 6.07) is 10.7. The number of methoxy groups -OCH3 is 1. The van der Waals surface area contributed by atoms with Crippen LogP contribution >= 0.6 is 0 Å². The van der Waals surface area contributed by atoms with Crippen LogP contribution in [0.15, 0.2) is 42.6 Å². The van der Waals surface area contributed by atoms with E-state index in [-0.39, 0.29) is 17.7 Å². The monoisotopic (exact) mass is 605 g/mol. The Labute approximate surface area is 258 Å². The number of carbonyl (C=O) groups is 2. The Bertz CT molecular complexity index is 1430. The molecular formula is C33H43N5O6. The van der Waals surface area contributed by atoms with Crippen molar-refractivity contribution >= 4 is 34.3 Å². The highest BCUT2D eigenvalue weighted by Gasteiger charge is 2.27. The van der Waals surface area contributed by atoms with Gasteiger partial charge in [0.2, 0.25) is 0 Å². The lowest BCUT2D eigenvalue weighted by Crippen LogP contribution is -2.50. The Morgan fingerprint density at radius 2 is 1.70 bits per heavy atom. The minimum Gasteiger partial charge on any atom is -0.493 e. The SMILES string of the molecule is COc1cc2c(N3CCN(C(=O)Nc4ccc(OC(C)C)cc4)CC3)c(C(=O)O)cnc2cc1OCCCN1CCCCC1. The molecule has 0 atom stereocenters. The fraction of sp³-hybridized carbons (Fsp3) is 0.485. The number of carboxylic acid groups (broad SMARTS) is 1. The average molecular weight is 606 g/mol. The molecule has 0 spiro atoms. The first-order valence-corrected chi connectivity index (χ1v) is 15.5. The van der Waals surface area contributed by atoms with Crippen molar-refractivity contribution in [3.05, 3.63) is 48.2 Å². The van der Waals surface area contributed by atoms with E-state index in [2.05, 4.69) is 15.2 Å². The zero-order valence-electron chi connectivity index (χ0n) is 25.9. The average Bonchev–Trinajstić information content (AvgIpc) is 3.03. The zero-order chi connectivity index (χ0) is 31.1. The van der Waals surface area contributed by atoms with Gasteiger partial charge in [0.25, 0.3) is 0 Å². The van der Waals surface area contributed by atoms with E-state index in [1.54, 1.807) is 12.0 Å². The van der Waals surface area contributed by atoms with Crippen molar-refractivity contribution in [2.75, 3.05) is 69.7 Å². The standard InChI is InChI=1S/C33H43N5O6/c1-23(2)44-25-10-8-24(9-11-25)35-33(41)38-17-15-37(16-18-38)31-26-20-29(42-3)30(21-28(26)34-22-27(31)32(39)40)43-19-7-14-36-12-5-4-6-13-36/h8-11,20-23H,4-7,12-19H2,1-3H3,(H,35,41)(H,39,40). The van der Waals surface area contributed by atoms with Gasteiger partial charge in [-0.15, -0.1) is 0 Å². The summed E-state index contributed by atoms with van der Waals surface area (Å²) in [4.78, 5) is 36.0. The number of hydrogen-bond acceptors (Lipinski definition) is 8. The van der Waals surface area contributed by atoms with Crippen molar-refractivity contribution in [3.8, 4) is 17.2 Å². The number of amides is 2. The number of nitrogens with zero attached hydrogens (tertiary/aromatic N) is 4. The normalized spacial score (nSPS) is 15.8. The number of carbonyl (C=O) groups excluding carboxylic acids is 1. The predicted molar refractivity (Wildman–Crippen MR) is 171 cm³/mol. The van der Waals surface area contributed by atoms with E-state index in [1.165, 1.54) is 25.5 Å². The summed E-state index contributed by atoms with van der Waals surface area (Å²) in [7, 11) is 1.58. The van der Waals surface area contributed by atoms with Gasteiger partial charge in [-0.1, -0.05) is 6.42 Å². The number of piperidine rings is 1. The maximum Gasteiger partial charge on any atom is 0.339 e. The van der Waals surface area contributed by atoms with Crippen LogP contribution in [0.1, 0.15) is 49.9 Å². The van der Waals surface area contributed by atoms with Gasteiger partial charge < -0.3 is 39.3 Å². The van der Waals surface area contributed by atoms with E-state index in [9.17, 15) is 14.7 Å². The first kappa shape index (κ1) is 31.2. The Morgan fingerprint density at radius 1 is 0.977 bits per heavy atom. The van der Waals surface area contributed by atoms with Gasteiger partial charge in [0.1, 0.15) is 11.3 Å². The topological polar surface area (TPSA) is 117 Å². The third-order valence-corrected chi connectivity index (χ3v) is 8.04. The molecule has 3 heterocycles. The number of anilines is 2. The molecule has 2 aliphatic rings. The molecule has 2 fully saturated rings. The van der Waals surface area contributed by atoms with Gasteiger partial charge in [0, 0.05) is 56.1 Å². The summed E-state index contributed by atoms with van der Waals surface area (Å²) in [6.07, 6.45) is 6.22. The Kier molecular flexibility index (Phi) is 10.3. The highest BCUT2D eigenvalue weighted by Crippen LogP contribution is 2.38. The molecule has 0 saturated carbocycles. The minimum atomic E-state index is -1.06. The van der Waals surface area contributed by atoms with Crippen molar-refractivity contribution in [1.82, 2.24) is 14.8 Å². The van der Waals surface area contributed by atoms with E-state index in [1.807, 2.05) is 55.1 Å².